The summed E-state index contributed by atoms with van der Waals surface area (Å²) in [5.41, 5.74) is 2.31. The number of hydrogen-bond acceptors (Lipinski definition) is 6. The zero-order valence-corrected chi connectivity index (χ0v) is 16.0. The van der Waals surface area contributed by atoms with Gasteiger partial charge in [0.2, 0.25) is 0 Å². The fraction of sp³-hybridized carbons (Fsp3) is 0.143. The summed E-state index contributed by atoms with van der Waals surface area (Å²) in [4.78, 5) is 29.4. The maximum Gasteiger partial charge on any atom is 0.328 e. The number of esters is 1. The number of carbonyl (C=O) groups is 1. The van der Waals surface area contributed by atoms with Crippen LogP contribution >= 0.6 is 11.3 Å². The van der Waals surface area contributed by atoms with Gasteiger partial charge in [0, 0.05) is 5.56 Å². The number of benzene rings is 2. The second kappa shape index (κ2) is 7.74. The Bertz CT molecular complexity index is 1180. The summed E-state index contributed by atoms with van der Waals surface area (Å²) in [6.07, 6.45) is 0. The van der Waals surface area contributed by atoms with E-state index in [0.717, 1.165) is 25.5 Å². The molecular weight excluding hydrogens is 374 g/mol. The third-order valence-corrected chi connectivity index (χ3v) is 5.15. The van der Waals surface area contributed by atoms with Crippen LogP contribution in [-0.4, -0.2) is 20.7 Å². The van der Waals surface area contributed by atoms with Gasteiger partial charge in [-0.05, 0) is 12.5 Å². The highest BCUT2D eigenvalue weighted by molar-refractivity contribution is 7.19. The largest absolute Gasteiger partial charge is 0.459 e. The molecule has 6 nitrogen and oxygen atoms in total. The molecule has 0 amide bonds. The Morgan fingerprint density at radius 3 is 2.46 bits per heavy atom. The maximum absolute atomic E-state index is 12.8. The molecule has 0 radical (unpaired) electrons. The maximum atomic E-state index is 12.8. The van der Waals surface area contributed by atoms with E-state index in [0.29, 0.717) is 11.2 Å². The molecule has 2 aromatic heterocycles. The van der Waals surface area contributed by atoms with Gasteiger partial charge in [-0.15, -0.1) is 11.3 Å². The first-order chi connectivity index (χ1) is 13.6. The van der Waals surface area contributed by atoms with E-state index in [2.05, 4.69) is 10.1 Å². The average molecular weight is 391 g/mol. The van der Waals surface area contributed by atoms with Crippen molar-refractivity contribution in [2.24, 2.45) is 0 Å². The molecule has 4 aromatic rings. The van der Waals surface area contributed by atoms with E-state index < -0.39 is 11.5 Å². The number of hydrogen-bond donors (Lipinski definition) is 0. The van der Waals surface area contributed by atoms with Gasteiger partial charge in [-0.1, -0.05) is 60.7 Å². The number of fused-ring (bicyclic) bond motifs is 1. The minimum absolute atomic E-state index is 0.151. The average Bonchev–Trinajstić information content (AvgIpc) is 3.12. The SMILES string of the molecule is Cc1nc2c(=O)n(CC(=O)OCc3ccccc3)nc(-c3ccccc3)c2s1. The molecule has 4 rings (SSSR count). The van der Waals surface area contributed by atoms with Gasteiger partial charge in [0.05, 0.1) is 9.71 Å². The van der Waals surface area contributed by atoms with Gasteiger partial charge in [-0.3, -0.25) is 9.59 Å². The van der Waals surface area contributed by atoms with E-state index in [4.69, 9.17) is 4.74 Å². The third-order valence-electron chi connectivity index (χ3n) is 4.18. The van der Waals surface area contributed by atoms with Crippen LogP contribution in [0, 0.1) is 6.92 Å². The molecule has 0 N–H and O–H groups in total. The van der Waals surface area contributed by atoms with Crippen LogP contribution in [0.3, 0.4) is 0 Å². The summed E-state index contributed by atoms with van der Waals surface area (Å²) in [5.74, 6) is -0.524. The molecule has 0 aliphatic rings. The topological polar surface area (TPSA) is 74.1 Å². The molecule has 0 bridgehead atoms. The second-order valence-corrected chi connectivity index (χ2v) is 7.44. The minimum Gasteiger partial charge on any atom is -0.459 e. The highest BCUT2D eigenvalue weighted by atomic mass is 32.1. The van der Waals surface area contributed by atoms with E-state index in [1.54, 1.807) is 0 Å². The molecule has 28 heavy (non-hydrogen) atoms. The van der Waals surface area contributed by atoms with Gasteiger partial charge in [0.25, 0.3) is 5.56 Å². The lowest BCUT2D eigenvalue weighted by Gasteiger charge is -2.09. The van der Waals surface area contributed by atoms with Gasteiger partial charge >= 0.3 is 5.97 Å². The Morgan fingerprint density at radius 2 is 1.75 bits per heavy atom. The first-order valence-corrected chi connectivity index (χ1v) is 9.56. The molecule has 0 saturated heterocycles. The second-order valence-electron chi connectivity index (χ2n) is 6.23. The van der Waals surface area contributed by atoms with Gasteiger partial charge in [-0.2, -0.15) is 5.10 Å². The molecule has 0 aliphatic carbocycles. The Kier molecular flexibility index (Phi) is 4.99. The van der Waals surface area contributed by atoms with E-state index in [1.807, 2.05) is 67.6 Å². The lowest BCUT2D eigenvalue weighted by molar-refractivity contribution is -0.146. The normalized spacial score (nSPS) is 10.9. The summed E-state index contributed by atoms with van der Waals surface area (Å²) in [6.45, 7) is 1.73. The first kappa shape index (κ1) is 18.1. The van der Waals surface area contributed by atoms with Crippen molar-refractivity contribution in [3.63, 3.8) is 0 Å². The van der Waals surface area contributed by atoms with Crippen molar-refractivity contribution in [3.05, 3.63) is 81.6 Å². The Morgan fingerprint density at radius 1 is 1.07 bits per heavy atom. The van der Waals surface area contributed by atoms with Gasteiger partial charge in [-0.25, -0.2) is 9.67 Å². The summed E-state index contributed by atoms with van der Waals surface area (Å²) in [5, 5.41) is 5.23. The van der Waals surface area contributed by atoms with E-state index in [-0.39, 0.29) is 13.2 Å². The van der Waals surface area contributed by atoms with Crippen LogP contribution in [0.5, 0.6) is 0 Å². The number of rotatable bonds is 5. The number of aryl methyl sites for hydroxylation is 1. The number of thiazole rings is 1. The van der Waals surface area contributed by atoms with Crippen LogP contribution in [0.15, 0.2) is 65.5 Å². The quantitative estimate of drug-likeness (QED) is 0.486. The number of aromatic nitrogens is 3. The lowest BCUT2D eigenvalue weighted by atomic mass is 10.1. The number of nitrogens with zero attached hydrogens (tertiary/aromatic N) is 3. The fourth-order valence-corrected chi connectivity index (χ4v) is 3.78. The monoisotopic (exact) mass is 391 g/mol. The van der Waals surface area contributed by atoms with Crippen molar-refractivity contribution >= 4 is 27.5 Å². The third kappa shape index (κ3) is 3.70. The lowest BCUT2D eigenvalue weighted by Crippen LogP contribution is -2.28. The molecule has 0 unspecified atom stereocenters. The van der Waals surface area contributed by atoms with Crippen LogP contribution in [0.25, 0.3) is 21.5 Å². The van der Waals surface area contributed by atoms with E-state index in [9.17, 15) is 9.59 Å². The Hall–Kier alpha value is -3.32. The van der Waals surface area contributed by atoms with Crippen molar-refractivity contribution in [1.82, 2.24) is 14.8 Å². The van der Waals surface area contributed by atoms with Crippen molar-refractivity contribution in [2.45, 2.75) is 20.1 Å². The standard InChI is InChI=1S/C21H17N3O3S/c1-14-22-19-20(28-14)18(16-10-6-3-7-11-16)23-24(21(19)26)12-17(25)27-13-15-8-4-2-5-9-15/h2-11H,12-13H2,1H3. The van der Waals surface area contributed by atoms with Crippen LogP contribution < -0.4 is 5.56 Å². The van der Waals surface area contributed by atoms with Crippen molar-refractivity contribution < 1.29 is 9.53 Å². The number of ether oxygens (including phenoxy) is 1. The molecule has 0 fully saturated rings. The highest BCUT2D eigenvalue weighted by Crippen LogP contribution is 2.29. The van der Waals surface area contributed by atoms with Crippen molar-refractivity contribution in [2.75, 3.05) is 0 Å². The van der Waals surface area contributed by atoms with Crippen LogP contribution in [0.4, 0.5) is 0 Å². The number of carbonyl (C=O) groups excluding carboxylic acids is 1. The van der Waals surface area contributed by atoms with Gasteiger partial charge < -0.3 is 4.74 Å². The zero-order valence-electron chi connectivity index (χ0n) is 15.2. The summed E-state index contributed by atoms with van der Waals surface area (Å²) >= 11 is 1.42. The fourth-order valence-electron chi connectivity index (χ4n) is 2.86. The Labute approximate surface area is 165 Å². The van der Waals surface area contributed by atoms with Crippen molar-refractivity contribution in [1.29, 1.82) is 0 Å². The molecule has 0 saturated carbocycles. The summed E-state index contributed by atoms with van der Waals surface area (Å²) in [7, 11) is 0. The zero-order chi connectivity index (χ0) is 19.5. The van der Waals surface area contributed by atoms with Crippen LogP contribution in [0.1, 0.15) is 10.6 Å². The molecule has 2 heterocycles. The van der Waals surface area contributed by atoms with E-state index >= 15 is 0 Å². The summed E-state index contributed by atoms with van der Waals surface area (Å²) in [6, 6.07) is 18.9. The molecule has 7 heteroatoms. The Balaban J connectivity index is 1.66. The molecule has 2 aromatic carbocycles. The molecule has 140 valence electrons. The molecule has 0 aliphatic heterocycles. The molecule has 0 spiro atoms. The van der Waals surface area contributed by atoms with Crippen LogP contribution in [0.2, 0.25) is 0 Å². The molecule has 0 atom stereocenters. The highest BCUT2D eigenvalue weighted by Gasteiger charge is 2.18. The summed E-state index contributed by atoms with van der Waals surface area (Å²) < 4.78 is 7.15. The van der Waals surface area contributed by atoms with Crippen LogP contribution in [-0.2, 0) is 22.7 Å². The predicted molar refractivity (Wildman–Crippen MR) is 108 cm³/mol. The van der Waals surface area contributed by atoms with E-state index in [1.165, 1.54) is 11.3 Å². The minimum atomic E-state index is -0.524. The van der Waals surface area contributed by atoms with Gasteiger partial charge in [0.1, 0.15) is 18.8 Å². The smallest absolute Gasteiger partial charge is 0.328 e. The predicted octanol–water partition coefficient (Wildman–Crippen LogP) is 3.57. The first-order valence-electron chi connectivity index (χ1n) is 8.75. The molecular formula is C21H17N3O3S. The van der Waals surface area contributed by atoms with Crippen molar-refractivity contribution in [3.8, 4) is 11.3 Å². The van der Waals surface area contributed by atoms with Gasteiger partial charge in [0.15, 0.2) is 5.52 Å².